The van der Waals surface area contributed by atoms with E-state index in [4.69, 9.17) is 4.74 Å². The molecule has 0 aliphatic carbocycles. The van der Waals surface area contributed by atoms with Gasteiger partial charge in [0, 0.05) is 19.1 Å². The van der Waals surface area contributed by atoms with Gasteiger partial charge < -0.3 is 10.1 Å². The lowest BCUT2D eigenvalue weighted by Gasteiger charge is -2.32. The van der Waals surface area contributed by atoms with E-state index in [0.717, 1.165) is 25.2 Å². The molecule has 20 heavy (non-hydrogen) atoms. The predicted octanol–water partition coefficient (Wildman–Crippen LogP) is 2.83. The molecule has 1 unspecified atom stereocenters. The molecule has 1 N–H and O–H groups in total. The second-order valence-electron chi connectivity index (χ2n) is 5.06. The standard InChI is InChI=1S/C15H23FN2O.ClH/c1-3-19-15-7-6-12(9-14(15)16)10-18-8-4-5-13(11-18)17-2;/h6-7,9,13,17H,3-5,8,10-11H2,1-2H3;1H. The molecule has 0 aromatic heterocycles. The highest BCUT2D eigenvalue weighted by Crippen LogP contribution is 2.20. The summed E-state index contributed by atoms with van der Waals surface area (Å²) in [5, 5.41) is 3.32. The van der Waals surface area contributed by atoms with Crippen molar-refractivity contribution in [3.8, 4) is 5.75 Å². The molecule has 0 spiro atoms. The first-order valence-electron chi connectivity index (χ1n) is 7.03. The van der Waals surface area contributed by atoms with Gasteiger partial charge in [-0.1, -0.05) is 6.07 Å². The largest absolute Gasteiger partial charge is 0.491 e. The van der Waals surface area contributed by atoms with Crippen LogP contribution in [0.25, 0.3) is 0 Å². The third-order valence-electron chi connectivity index (χ3n) is 3.62. The van der Waals surface area contributed by atoms with Crippen molar-refractivity contribution in [3.63, 3.8) is 0 Å². The van der Waals surface area contributed by atoms with Gasteiger partial charge in [0.25, 0.3) is 0 Å². The van der Waals surface area contributed by atoms with E-state index in [2.05, 4.69) is 10.2 Å². The van der Waals surface area contributed by atoms with Crippen LogP contribution in [-0.4, -0.2) is 37.7 Å². The third kappa shape index (κ3) is 4.62. The molecule has 0 amide bonds. The van der Waals surface area contributed by atoms with Gasteiger partial charge in [0.2, 0.25) is 0 Å². The number of halogens is 2. The molecular weight excluding hydrogens is 279 g/mol. The van der Waals surface area contributed by atoms with E-state index in [1.165, 1.54) is 12.8 Å². The van der Waals surface area contributed by atoms with Gasteiger partial charge in [0.05, 0.1) is 6.61 Å². The van der Waals surface area contributed by atoms with Gasteiger partial charge in [-0.05, 0) is 51.1 Å². The molecule has 0 bridgehead atoms. The van der Waals surface area contributed by atoms with Gasteiger partial charge in [0.15, 0.2) is 11.6 Å². The molecule has 1 fully saturated rings. The van der Waals surface area contributed by atoms with Crippen LogP contribution < -0.4 is 10.1 Å². The molecule has 3 nitrogen and oxygen atoms in total. The molecule has 1 heterocycles. The molecule has 5 heteroatoms. The Hall–Kier alpha value is -0.840. The number of hydrogen-bond acceptors (Lipinski definition) is 3. The minimum Gasteiger partial charge on any atom is -0.491 e. The number of piperidine rings is 1. The van der Waals surface area contributed by atoms with Gasteiger partial charge in [0.1, 0.15) is 0 Å². The zero-order valence-corrected chi connectivity index (χ0v) is 13.0. The van der Waals surface area contributed by atoms with Crippen LogP contribution in [0.5, 0.6) is 5.75 Å². The first-order valence-corrected chi connectivity index (χ1v) is 7.03. The van der Waals surface area contributed by atoms with Crippen molar-refractivity contribution < 1.29 is 9.13 Å². The van der Waals surface area contributed by atoms with E-state index in [0.29, 0.717) is 18.4 Å². The molecular formula is C15H24ClFN2O. The summed E-state index contributed by atoms with van der Waals surface area (Å²) in [6, 6.07) is 5.83. The first kappa shape index (κ1) is 17.2. The number of hydrogen-bond donors (Lipinski definition) is 1. The Labute approximate surface area is 126 Å². The Morgan fingerprint density at radius 2 is 2.25 bits per heavy atom. The summed E-state index contributed by atoms with van der Waals surface area (Å²) in [6.07, 6.45) is 2.43. The van der Waals surface area contributed by atoms with Crippen LogP contribution in [0.4, 0.5) is 4.39 Å². The molecule has 0 radical (unpaired) electrons. The van der Waals surface area contributed by atoms with Gasteiger partial charge in [-0.15, -0.1) is 12.4 Å². The van der Waals surface area contributed by atoms with Crippen LogP contribution in [0.1, 0.15) is 25.3 Å². The maximum atomic E-state index is 13.8. The third-order valence-corrected chi connectivity index (χ3v) is 3.62. The second-order valence-corrected chi connectivity index (χ2v) is 5.06. The second kappa shape index (κ2) is 8.45. The molecule has 114 valence electrons. The van der Waals surface area contributed by atoms with Crippen LogP contribution in [0.15, 0.2) is 18.2 Å². The Morgan fingerprint density at radius 1 is 1.45 bits per heavy atom. The first-order chi connectivity index (χ1) is 9.22. The van der Waals surface area contributed by atoms with Crippen molar-refractivity contribution in [3.05, 3.63) is 29.6 Å². The highest BCUT2D eigenvalue weighted by atomic mass is 35.5. The molecule has 1 saturated heterocycles. The SMILES string of the molecule is CCOc1ccc(CN2CCCC(NC)C2)cc1F.Cl. The van der Waals surface area contributed by atoms with Crippen molar-refractivity contribution in [2.75, 3.05) is 26.7 Å². The van der Waals surface area contributed by atoms with E-state index in [1.807, 2.05) is 20.0 Å². The average molecular weight is 303 g/mol. The van der Waals surface area contributed by atoms with Crippen molar-refractivity contribution in [1.82, 2.24) is 10.2 Å². The number of nitrogens with zero attached hydrogens (tertiary/aromatic N) is 1. The Balaban J connectivity index is 0.00000200. The maximum absolute atomic E-state index is 13.8. The topological polar surface area (TPSA) is 24.5 Å². The predicted molar refractivity (Wildman–Crippen MR) is 82.2 cm³/mol. The molecule has 1 aliphatic heterocycles. The van der Waals surface area contributed by atoms with Crippen LogP contribution in [0.2, 0.25) is 0 Å². The fraction of sp³-hybridized carbons (Fsp3) is 0.600. The Bertz CT molecular complexity index is 417. The maximum Gasteiger partial charge on any atom is 0.165 e. The van der Waals surface area contributed by atoms with Gasteiger partial charge in [-0.25, -0.2) is 4.39 Å². The summed E-state index contributed by atoms with van der Waals surface area (Å²) < 4.78 is 19.0. The van der Waals surface area contributed by atoms with Gasteiger partial charge >= 0.3 is 0 Å². The van der Waals surface area contributed by atoms with Crippen molar-refractivity contribution >= 4 is 12.4 Å². The Morgan fingerprint density at radius 3 is 2.90 bits per heavy atom. The Kier molecular flexibility index (Phi) is 7.27. The van der Waals surface area contributed by atoms with E-state index in [9.17, 15) is 4.39 Å². The number of nitrogens with one attached hydrogen (secondary N) is 1. The molecule has 0 saturated carbocycles. The summed E-state index contributed by atoms with van der Waals surface area (Å²) in [5.74, 6) is 0.0829. The lowest BCUT2D eigenvalue weighted by Crippen LogP contribution is -2.43. The van der Waals surface area contributed by atoms with Crippen LogP contribution in [0, 0.1) is 5.82 Å². The smallest absolute Gasteiger partial charge is 0.165 e. The van der Waals surface area contributed by atoms with Gasteiger partial charge in [-0.2, -0.15) is 0 Å². The number of benzene rings is 1. The van der Waals surface area contributed by atoms with Crippen molar-refractivity contribution in [1.29, 1.82) is 0 Å². The van der Waals surface area contributed by atoms with E-state index in [1.54, 1.807) is 12.1 Å². The fourth-order valence-electron chi connectivity index (χ4n) is 2.61. The summed E-state index contributed by atoms with van der Waals surface area (Å²) in [4.78, 5) is 2.37. The molecule has 1 aromatic carbocycles. The average Bonchev–Trinajstić information content (AvgIpc) is 2.42. The molecule has 1 atom stereocenters. The van der Waals surface area contributed by atoms with E-state index in [-0.39, 0.29) is 18.2 Å². The van der Waals surface area contributed by atoms with E-state index < -0.39 is 0 Å². The summed E-state index contributed by atoms with van der Waals surface area (Å²) >= 11 is 0. The van der Waals surface area contributed by atoms with Crippen molar-refractivity contribution in [2.45, 2.75) is 32.4 Å². The highest BCUT2D eigenvalue weighted by molar-refractivity contribution is 5.85. The number of likely N-dealkylation sites (N-methyl/N-ethyl adjacent to an activating group) is 1. The van der Waals surface area contributed by atoms with Crippen molar-refractivity contribution in [2.24, 2.45) is 0 Å². The summed E-state index contributed by atoms with van der Waals surface area (Å²) in [7, 11) is 2.00. The van der Waals surface area contributed by atoms with Crippen LogP contribution >= 0.6 is 12.4 Å². The van der Waals surface area contributed by atoms with Gasteiger partial charge in [-0.3, -0.25) is 4.90 Å². The quantitative estimate of drug-likeness (QED) is 0.905. The van der Waals surface area contributed by atoms with Crippen LogP contribution in [0.3, 0.4) is 0 Å². The fourth-order valence-corrected chi connectivity index (χ4v) is 2.61. The number of rotatable bonds is 5. The zero-order valence-electron chi connectivity index (χ0n) is 12.2. The minimum atomic E-state index is -0.262. The number of likely N-dealkylation sites (tertiary alicyclic amines) is 1. The number of ether oxygens (including phenoxy) is 1. The normalized spacial score (nSPS) is 19.4. The van der Waals surface area contributed by atoms with E-state index >= 15 is 0 Å². The highest BCUT2D eigenvalue weighted by Gasteiger charge is 2.18. The zero-order chi connectivity index (χ0) is 13.7. The lowest BCUT2D eigenvalue weighted by atomic mass is 10.0. The summed E-state index contributed by atoms with van der Waals surface area (Å²) in [6.45, 7) is 5.28. The minimum absolute atomic E-state index is 0. The van der Waals surface area contributed by atoms with Crippen LogP contribution in [-0.2, 0) is 6.54 Å². The monoisotopic (exact) mass is 302 g/mol. The molecule has 1 aliphatic rings. The molecule has 1 aromatic rings. The molecule has 2 rings (SSSR count). The summed E-state index contributed by atoms with van der Waals surface area (Å²) in [5.41, 5.74) is 1.01. The lowest BCUT2D eigenvalue weighted by molar-refractivity contribution is 0.187.